The van der Waals surface area contributed by atoms with Crippen molar-refractivity contribution in [1.29, 1.82) is 0 Å². The number of allylic oxidation sites excluding steroid dienone is 2. The quantitative estimate of drug-likeness (QED) is 0.00889. The Labute approximate surface area is 699 Å². The monoisotopic (exact) mass is 1680 g/mol. The molecule has 1 aliphatic carbocycles. The summed E-state index contributed by atoms with van der Waals surface area (Å²) in [5.41, 5.74) is 0. The molecular formula is C90H167O25P. The van der Waals surface area contributed by atoms with E-state index in [4.69, 9.17) is 46.9 Å². The Hall–Kier alpha value is -2.79. The van der Waals surface area contributed by atoms with Gasteiger partial charge in [0.15, 0.2) is 24.8 Å². The smallest absolute Gasteiger partial charge is 0.463 e. The first kappa shape index (κ1) is 107. The zero-order chi connectivity index (χ0) is 84.8. The summed E-state index contributed by atoms with van der Waals surface area (Å²) in [6.07, 6.45) is 25.1. The van der Waals surface area contributed by atoms with Crippen LogP contribution in [0.5, 0.6) is 0 Å². The van der Waals surface area contributed by atoms with Crippen molar-refractivity contribution in [3.8, 4) is 0 Å². The Morgan fingerprint density at radius 2 is 0.698 bits per heavy atom. The summed E-state index contributed by atoms with van der Waals surface area (Å²) in [7, 11) is -5.81. The fourth-order valence-electron chi connectivity index (χ4n) is 15.6. The highest BCUT2D eigenvalue weighted by atomic mass is 31.2. The normalized spacial score (nSPS) is 25.4. The highest BCUT2D eigenvalue weighted by Crippen LogP contribution is 2.49. The van der Waals surface area contributed by atoms with Crippen LogP contribution in [-0.4, -0.2) is 205 Å². The minimum absolute atomic E-state index is 0.0164. The maximum Gasteiger partial charge on any atom is 0.472 e. The van der Waals surface area contributed by atoms with Gasteiger partial charge in [0.25, 0.3) is 0 Å². The van der Waals surface area contributed by atoms with Crippen LogP contribution in [0.3, 0.4) is 0 Å². The van der Waals surface area contributed by atoms with Crippen LogP contribution in [0, 0.1) is 5.92 Å². The molecule has 0 bridgehead atoms. The molecule has 2 heterocycles. The third-order valence-electron chi connectivity index (χ3n) is 23.2. The fraction of sp³-hybridized carbons (Fsp3) is 0.933. The van der Waals surface area contributed by atoms with Gasteiger partial charge in [0.1, 0.15) is 92.6 Å². The standard InChI is InChI=1S/C90H167O25P/c1-6-10-14-18-22-25-28-31-32-35-37-39-42-49-55-61-73(92)106-66-70(109-75(94)63-57-52-46-45-48-54-60-69(5)59-53-47-21-17-13-9-4)67-108-116(104,105)115-88-86(113-89-83(102)79(98)77(96)71(65-91)110-89)82(101)81(100)85(112-76(95)64-58-51-44-41-38-34-30-27-24-20-16-12-8-3)87(88)114-90-84(103)80(99)78(97)72(111-90)68-107-74(93)62-56-50-43-40-36-33-29-26-23-19-15-11-7-2/h34,38,69-72,77-91,96-103H,6-33,35-37,39-68H2,1-5H3,(H,104,105)/b38-34-. The molecule has 116 heavy (non-hydrogen) atoms. The lowest BCUT2D eigenvalue weighted by atomic mass is 9.84. The molecule has 3 aliphatic rings. The molecule has 26 heteroatoms. The second-order valence-electron chi connectivity index (χ2n) is 33.8. The predicted molar refractivity (Wildman–Crippen MR) is 449 cm³/mol. The third kappa shape index (κ3) is 48.9. The molecule has 0 radical (unpaired) electrons. The van der Waals surface area contributed by atoms with Gasteiger partial charge >= 0.3 is 31.7 Å². The highest BCUT2D eigenvalue weighted by Gasteiger charge is 2.60. The molecule has 2 aliphatic heterocycles. The molecule has 19 unspecified atom stereocenters. The lowest BCUT2D eigenvalue weighted by Gasteiger charge is -2.50. The van der Waals surface area contributed by atoms with Crippen molar-refractivity contribution >= 4 is 31.7 Å². The molecule has 0 amide bonds. The van der Waals surface area contributed by atoms with E-state index in [-0.39, 0.29) is 32.1 Å². The van der Waals surface area contributed by atoms with Crippen LogP contribution in [0.4, 0.5) is 0 Å². The summed E-state index contributed by atoms with van der Waals surface area (Å²) in [6.45, 7) is 7.91. The topological polar surface area (TPSA) is 380 Å². The number of hydrogen-bond donors (Lipinski definition) is 10. The number of phosphoric acid groups is 1. The van der Waals surface area contributed by atoms with Gasteiger partial charge in [-0.3, -0.25) is 28.2 Å². The number of rotatable bonds is 75. The van der Waals surface area contributed by atoms with Crippen LogP contribution in [-0.2, 0) is 70.7 Å². The van der Waals surface area contributed by atoms with Crippen molar-refractivity contribution in [2.45, 2.75) is 505 Å². The van der Waals surface area contributed by atoms with Gasteiger partial charge in [-0.05, 0) is 57.3 Å². The summed E-state index contributed by atoms with van der Waals surface area (Å²) < 4.78 is 73.4. The summed E-state index contributed by atoms with van der Waals surface area (Å²) in [5, 5.41) is 102. The first-order valence-corrected chi connectivity index (χ1v) is 48.3. The number of carbonyl (C=O) groups excluding carboxylic acids is 4. The average Bonchev–Trinajstić information content (AvgIpc) is 0.754. The fourth-order valence-corrected chi connectivity index (χ4v) is 16.6. The minimum atomic E-state index is -5.81. The van der Waals surface area contributed by atoms with E-state index in [0.717, 1.165) is 122 Å². The van der Waals surface area contributed by atoms with Gasteiger partial charge in [-0.15, -0.1) is 0 Å². The summed E-state index contributed by atoms with van der Waals surface area (Å²) in [6, 6.07) is 0. The molecule has 0 aromatic heterocycles. The Morgan fingerprint density at radius 3 is 1.12 bits per heavy atom. The van der Waals surface area contributed by atoms with E-state index in [1.807, 2.05) is 0 Å². The molecule has 0 spiro atoms. The Morgan fingerprint density at radius 1 is 0.362 bits per heavy atom. The molecule has 1 saturated carbocycles. The second-order valence-corrected chi connectivity index (χ2v) is 35.2. The summed E-state index contributed by atoms with van der Waals surface area (Å²) in [4.78, 5) is 66.5. The van der Waals surface area contributed by atoms with E-state index in [0.29, 0.717) is 38.0 Å². The van der Waals surface area contributed by atoms with E-state index < -0.39 is 162 Å². The van der Waals surface area contributed by atoms with Gasteiger partial charge in [0, 0.05) is 25.7 Å². The lowest BCUT2D eigenvalue weighted by molar-refractivity contribution is -0.360. The molecule has 2 saturated heterocycles. The predicted octanol–water partition coefficient (Wildman–Crippen LogP) is 17.0. The molecule has 19 atom stereocenters. The number of unbranched alkanes of at least 4 members (excludes halogenated alkanes) is 45. The SMILES string of the molecule is CCCCCCCC/C=C\CCCCCC(=O)OC1C(O)C(O)C(OC2OC(CO)C(O)C(O)C2O)C(OP(=O)(O)OCC(COC(=O)CCCCCCCCCCCCCCCCC)OC(=O)CCCCCCCCC(C)CCCCCCCC)C1OC1OC(COC(=O)CCCCCCCCCCCCCCC)C(O)C(O)C1O. The molecule has 3 fully saturated rings. The maximum atomic E-state index is 14.9. The zero-order valence-corrected chi connectivity index (χ0v) is 73.6. The summed E-state index contributed by atoms with van der Waals surface area (Å²) >= 11 is 0. The van der Waals surface area contributed by atoms with Crippen LogP contribution >= 0.6 is 7.82 Å². The van der Waals surface area contributed by atoms with Crippen molar-refractivity contribution in [3.05, 3.63) is 12.2 Å². The van der Waals surface area contributed by atoms with E-state index in [9.17, 15) is 74.6 Å². The van der Waals surface area contributed by atoms with E-state index in [1.54, 1.807) is 0 Å². The van der Waals surface area contributed by atoms with Gasteiger partial charge in [-0.1, -0.05) is 336 Å². The van der Waals surface area contributed by atoms with Crippen LogP contribution < -0.4 is 0 Å². The van der Waals surface area contributed by atoms with Crippen LogP contribution in [0.15, 0.2) is 12.2 Å². The van der Waals surface area contributed by atoms with Gasteiger partial charge < -0.3 is 88.7 Å². The Bertz CT molecular complexity index is 2480. The number of carbonyl (C=O) groups is 4. The zero-order valence-electron chi connectivity index (χ0n) is 72.7. The number of phosphoric ester groups is 1. The van der Waals surface area contributed by atoms with Crippen molar-refractivity contribution in [3.63, 3.8) is 0 Å². The molecule has 3 rings (SSSR count). The maximum absolute atomic E-state index is 14.9. The molecule has 0 aromatic carbocycles. The summed E-state index contributed by atoms with van der Waals surface area (Å²) in [5.74, 6) is -2.30. The number of aliphatic hydroxyl groups excluding tert-OH is 9. The second kappa shape index (κ2) is 68.6. The van der Waals surface area contributed by atoms with E-state index in [1.165, 1.54) is 180 Å². The number of hydrogen-bond acceptors (Lipinski definition) is 24. The largest absolute Gasteiger partial charge is 0.472 e. The van der Waals surface area contributed by atoms with Crippen LogP contribution in [0.1, 0.15) is 401 Å². The van der Waals surface area contributed by atoms with Crippen molar-refractivity contribution in [2.24, 2.45) is 5.92 Å². The van der Waals surface area contributed by atoms with Crippen molar-refractivity contribution < 1.29 is 122 Å². The number of ether oxygens (including phenoxy) is 8. The van der Waals surface area contributed by atoms with E-state index >= 15 is 0 Å². The molecule has 25 nitrogen and oxygen atoms in total. The van der Waals surface area contributed by atoms with Gasteiger partial charge in [-0.2, -0.15) is 0 Å². The molecular weight excluding hydrogens is 1510 g/mol. The lowest BCUT2D eigenvalue weighted by Crippen LogP contribution is -2.70. The van der Waals surface area contributed by atoms with Crippen molar-refractivity contribution in [2.75, 3.05) is 26.4 Å². The van der Waals surface area contributed by atoms with Crippen molar-refractivity contribution in [1.82, 2.24) is 0 Å². The number of esters is 4. The molecule has 10 N–H and O–H groups in total. The van der Waals surface area contributed by atoms with Gasteiger partial charge in [0.05, 0.1) is 13.2 Å². The van der Waals surface area contributed by atoms with Crippen LogP contribution in [0.2, 0.25) is 0 Å². The Kier molecular flexibility index (Phi) is 63.5. The highest BCUT2D eigenvalue weighted by molar-refractivity contribution is 7.47. The molecule has 0 aromatic rings. The Balaban J connectivity index is 1.93. The van der Waals surface area contributed by atoms with Gasteiger partial charge in [-0.25, -0.2) is 4.57 Å². The third-order valence-corrected chi connectivity index (χ3v) is 24.2. The average molecular weight is 1680 g/mol. The minimum Gasteiger partial charge on any atom is -0.463 e. The van der Waals surface area contributed by atoms with Crippen LogP contribution in [0.25, 0.3) is 0 Å². The first-order valence-electron chi connectivity index (χ1n) is 46.8. The van der Waals surface area contributed by atoms with E-state index in [2.05, 4.69) is 46.8 Å². The van der Waals surface area contributed by atoms with Gasteiger partial charge in [0.2, 0.25) is 0 Å². The molecule has 682 valence electrons. The first-order chi connectivity index (χ1) is 56.1. The number of aliphatic hydroxyl groups is 9.